The first-order chi connectivity index (χ1) is 13.3. The number of hydrogen-bond acceptors (Lipinski definition) is 5. The lowest BCUT2D eigenvalue weighted by molar-refractivity contribution is -0.117. The molecule has 2 amide bonds. The monoisotopic (exact) mass is 397 g/mol. The van der Waals surface area contributed by atoms with Gasteiger partial charge in [-0.25, -0.2) is 4.79 Å². The lowest BCUT2D eigenvalue weighted by Crippen LogP contribution is -2.23. The fourth-order valence-corrected chi connectivity index (χ4v) is 3.80. The van der Waals surface area contributed by atoms with Gasteiger partial charge < -0.3 is 14.6 Å². The van der Waals surface area contributed by atoms with E-state index >= 15 is 0 Å². The summed E-state index contributed by atoms with van der Waals surface area (Å²) in [4.78, 5) is 39.1. The van der Waals surface area contributed by atoms with Gasteiger partial charge in [-0.05, 0) is 67.6 Å². The highest BCUT2D eigenvalue weighted by atomic mass is 32.2. The molecule has 0 radical (unpaired) electrons. The van der Waals surface area contributed by atoms with E-state index in [1.807, 2.05) is 36.6 Å². The van der Waals surface area contributed by atoms with Crippen molar-refractivity contribution in [2.24, 2.45) is 4.99 Å². The topological polar surface area (TPSA) is 89.8 Å². The van der Waals surface area contributed by atoms with E-state index in [-0.39, 0.29) is 23.0 Å². The molecule has 0 aliphatic carbocycles. The minimum atomic E-state index is -0.385. The fourth-order valence-electron chi connectivity index (χ4n) is 2.95. The molecule has 7 nitrogen and oxygen atoms in total. The number of nitrogens with one attached hydrogen (secondary N) is 1. The third-order valence-corrected chi connectivity index (χ3v) is 5.11. The zero-order valence-corrected chi connectivity index (χ0v) is 16.7. The number of ether oxygens (including phenoxy) is 1. The van der Waals surface area contributed by atoms with E-state index in [4.69, 9.17) is 4.74 Å². The van der Waals surface area contributed by atoms with Gasteiger partial charge in [-0.3, -0.25) is 9.59 Å². The number of methoxy groups -OCH3 is 1. The molecule has 0 saturated carbocycles. The summed E-state index contributed by atoms with van der Waals surface area (Å²) in [5.41, 5.74) is 4.18. The van der Waals surface area contributed by atoms with Crippen molar-refractivity contribution in [2.75, 3.05) is 7.11 Å². The molecule has 144 valence electrons. The first-order valence-electron chi connectivity index (χ1n) is 8.48. The van der Waals surface area contributed by atoms with Crippen LogP contribution >= 0.6 is 11.8 Å². The predicted molar refractivity (Wildman–Crippen MR) is 108 cm³/mol. The number of carbonyl (C=O) groups excluding carboxylic acids is 3. The molecule has 0 atom stereocenters. The van der Waals surface area contributed by atoms with Gasteiger partial charge in [0, 0.05) is 24.0 Å². The van der Waals surface area contributed by atoms with E-state index in [0.717, 1.165) is 34.4 Å². The Morgan fingerprint density at radius 2 is 1.89 bits per heavy atom. The molecule has 1 N–H and O–H groups in total. The van der Waals surface area contributed by atoms with Gasteiger partial charge in [0.15, 0.2) is 5.17 Å². The third kappa shape index (κ3) is 3.91. The van der Waals surface area contributed by atoms with Crippen LogP contribution in [0.3, 0.4) is 0 Å². The molecule has 0 fully saturated rings. The number of esters is 1. The summed E-state index contributed by atoms with van der Waals surface area (Å²) in [5.74, 6) is -1.03. The molecule has 1 aliphatic heterocycles. The smallest absolute Gasteiger partial charge is 0.337 e. The van der Waals surface area contributed by atoms with E-state index in [2.05, 4.69) is 10.3 Å². The second-order valence-electron chi connectivity index (χ2n) is 6.21. The zero-order valence-electron chi connectivity index (χ0n) is 15.9. The van der Waals surface area contributed by atoms with E-state index in [1.165, 1.54) is 14.0 Å². The van der Waals surface area contributed by atoms with Crippen LogP contribution in [0.4, 0.5) is 0 Å². The van der Waals surface area contributed by atoms with Crippen LogP contribution in [-0.2, 0) is 14.3 Å². The molecule has 28 heavy (non-hydrogen) atoms. The molecule has 1 aliphatic rings. The predicted octanol–water partition coefficient (Wildman–Crippen LogP) is 2.99. The SMILES string of the molecule is COC(=O)c1ccc(-n2c(C)cc(/C=C3/SC(NC(C)=O)=NC3=O)c2C)cc1. The molecule has 3 rings (SSSR count). The van der Waals surface area contributed by atoms with Gasteiger partial charge in [-0.1, -0.05) is 0 Å². The fraction of sp³-hybridized carbons (Fsp3) is 0.200. The number of benzene rings is 1. The summed E-state index contributed by atoms with van der Waals surface area (Å²) in [6.07, 6.45) is 1.77. The van der Waals surface area contributed by atoms with Crippen LogP contribution in [0, 0.1) is 13.8 Å². The van der Waals surface area contributed by atoms with Gasteiger partial charge in [0.2, 0.25) is 5.91 Å². The second-order valence-corrected chi connectivity index (χ2v) is 7.24. The average Bonchev–Trinajstić information content (AvgIpc) is 3.12. The quantitative estimate of drug-likeness (QED) is 0.635. The van der Waals surface area contributed by atoms with Crippen molar-refractivity contribution in [3.8, 4) is 5.69 Å². The van der Waals surface area contributed by atoms with Crippen LogP contribution in [0.5, 0.6) is 0 Å². The van der Waals surface area contributed by atoms with Crippen molar-refractivity contribution < 1.29 is 19.1 Å². The molecule has 2 heterocycles. The Morgan fingerprint density at radius 3 is 2.50 bits per heavy atom. The average molecular weight is 397 g/mol. The number of amidine groups is 1. The highest BCUT2D eigenvalue weighted by Crippen LogP contribution is 2.30. The highest BCUT2D eigenvalue weighted by molar-refractivity contribution is 8.18. The van der Waals surface area contributed by atoms with E-state index in [0.29, 0.717) is 10.5 Å². The highest BCUT2D eigenvalue weighted by Gasteiger charge is 2.23. The zero-order chi connectivity index (χ0) is 20.4. The molecule has 2 aromatic rings. The minimum Gasteiger partial charge on any atom is -0.465 e. The lowest BCUT2D eigenvalue weighted by atomic mass is 10.2. The van der Waals surface area contributed by atoms with Gasteiger partial charge in [0.05, 0.1) is 17.6 Å². The van der Waals surface area contributed by atoms with Gasteiger partial charge in [-0.15, -0.1) is 0 Å². The molecule has 8 heteroatoms. The maximum atomic E-state index is 12.1. The Balaban J connectivity index is 1.90. The summed E-state index contributed by atoms with van der Waals surface area (Å²) in [7, 11) is 1.35. The molecule has 1 aromatic heterocycles. The summed E-state index contributed by atoms with van der Waals surface area (Å²) in [6.45, 7) is 5.29. The Hall–Kier alpha value is -3.13. The molecule has 0 saturated heterocycles. The van der Waals surface area contributed by atoms with Gasteiger partial charge >= 0.3 is 5.97 Å². The largest absolute Gasteiger partial charge is 0.465 e. The number of aromatic nitrogens is 1. The number of carbonyl (C=O) groups is 3. The summed E-state index contributed by atoms with van der Waals surface area (Å²) >= 11 is 1.14. The van der Waals surface area contributed by atoms with Crippen molar-refractivity contribution in [1.29, 1.82) is 0 Å². The number of rotatable bonds is 3. The van der Waals surface area contributed by atoms with Gasteiger partial charge in [0.1, 0.15) is 0 Å². The third-order valence-electron chi connectivity index (χ3n) is 4.21. The number of thioether (sulfide) groups is 1. The number of aryl methyl sites for hydroxylation is 1. The van der Waals surface area contributed by atoms with Gasteiger partial charge in [0.25, 0.3) is 5.91 Å². The maximum absolute atomic E-state index is 12.1. The Kier molecular flexibility index (Phi) is 5.51. The Morgan fingerprint density at radius 1 is 1.21 bits per heavy atom. The first kappa shape index (κ1) is 19.6. The van der Waals surface area contributed by atoms with Crippen molar-refractivity contribution in [3.05, 3.63) is 57.8 Å². The van der Waals surface area contributed by atoms with E-state index in [9.17, 15) is 14.4 Å². The summed E-state index contributed by atoms with van der Waals surface area (Å²) in [5, 5.41) is 2.82. The number of aliphatic imine (C=N–C) groups is 1. The lowest BCUT2D eigenvalue weighted by Gasteiger charge is -2.10. The van der Waals surface area contributed by atoms with E-state index < -0.39 is 0 Å². The Labute approximate surface area is 166 Å². The van der Waals surface area contributed by atoms with Crippen molar-refractivity contribution in [2.45, 2.75) is 20.8 Å². The van der Waals surface area contributed by atoms with Crippen LogP contribution in [0.1, 0.15) is 34.2 Å². The molecule has 0 spiro atoms. The van der Waals surface area contributed by atoms with Gasteiger partial charge in [-0.2, -0.15) is 4.99 Å². The standard InChI is InChI=1S/C20H19N3O4S/c1-11-9-15(10-17-18(25)22-20(28-17)21-13(3)24)12(2)23(11)16-7-5-14(6-8-16)19(26)27-4/h5-10H,1-4H3,(H,21,22,24,25)/b17-10+. The minimum absolute atomic E-state index is 0.270. The number of nitrogens with zero attached hydrogens (tertiary/aromatic N) is 2. The molecule has 0 bridgehead atoms. The van der Waals surface area contributed by atoms with Crippen molar-refractivity contribution in [1.82, 2.24) is 9.88 Å². The van der Waals surface area contributed by atoms with Crippen LogP contribution in [0.2, 0.25) is 0 Å². The molecular weight excluding hydrogens is 378 g/mol. The normalized spacial score (nSPS) is 14.9. The molecule has 0 unspecified atom stereocenters. The second kappa shape index (κ2) is 7.85. The van der Waals surface area contributed by atoms with Crippen LogP contribution in [-0.4, -0.2) is 34.6 Å². The van der Waals surface area contributed by atoms with Crippen LogP contribution in [0.15, 0.2) is 40.2 Å². The number of hydrogen-bond donors (Lipinski definition) is 1. The molecule has 1 aromatic carbocycles. The van der Waals surface area contributed by atoms with Crippen molar-refractivity contribution >= 4 is 40.8 Å². The van der Waals surface area contributed by atoms with E-state index in [1.54, 1.807) is 18.2 Å². The molecular formula is C20H19N3O4S. The van der Waals surface area contributed by atoms with Crippen LogP contribution < -0.4 is 5.32 Å². The number of amides is 2. The van der Waals surface area contributed by atoms with Crippen molar-refractivity contribution in [3.63, 3.8) is 0 Å². The first-order valence-corrected chi connectivity index (χ1v) is 9.29. The summed E-state index contributed by atoms with van der Waals surface area (Å²) < 4.78 is 6.76. The Bertz CT molecular complexity index is 1030. The summed E-state index contributed by atoms with van der Waals surface area (Å²) in [6, 6.07) is 9.08. The maximum Gasteiger partial charge on any atom is 0.337 e. The van der Waals surface area contributed by atoms with Crippen LogP contribution in [0.25, 0.3) is 11.8 Å².